The Bertz CT molecular complexity index is 1120. The summed E-state index contributed by atoms with van der Waals surface area (Å²) in [5.41, 5.74) is -0.0925. The fourth-order valence-electron chi connectivity index (χ4n) is 5.00. The van der Waals surface area contributed by atoms with Crippen molar-refractivity contribution in [2.45, 2.75) is 37.3 Å². The Labute approximate surface area is 195 Å². The van der Waals surface area contributed by atoms with Gasteiger partial charge in [0.15, 0.2) is 11.6 Å². The van der Waals surface area contributed by atoms with Gasteiger partial charge in [-0.3, -0.25) is 14.9 Å². The number of nitrogens with zero attached hydrogens (tertiary/aromatic N) is 1. The van der Waals surface area contributed by atoms with E-state index in [1.54, 1.807) is 4.90 Å². The Kier molecular flexibility index (Phi) is 5.48. The van der Waals surface area contributed by atoms with Gasteiger partial charge >= 0.3 is 6.03 Å². The quantitative estimate of drug-likeness (QED) is 0.673. The molecule has 5 rings (SSSR count). The number of hydrogen-bond donors (Lipinski definition) is 2. The number of amides is 4. The van der Waals surface area contributed by atoms with Crippen LogP contribution in [0.5, 0.6) is 5.75 Å². The second-order valence-corrected chi connectivity index (χ2v) is 9.30. The average molecular weight is 472 g/mol. The molecular formula is C24H23ClFN3O4. The van der Waals surface area contributed by atoms with Crippen LogP contribution in [-0.4, -0.2) is 41.9 Å². The second-order valence-electron chi connectivity index (χ2n) is 8.86. The van der Waals surface area contributed by atoms with Gasteiger partial charge in [0, 0.05) is 30.1 Å². The molecule has 0 aromatic heterocycles. The zero-order valence-electron chi connectivity index (χ0n) is 17.8. The molecule has 2 aromatic carbocycles. The van der Waals surface area contributed by atoms with Gasteiger partial charge in [-0.15, -0.1) is 0 Å². The van der Waals surface area contributed by atoms with E-state index in [9.17, 15) is 18.8 Å². The van der Waals surface area contributed by atoms with Crippen LogP contribution in [0.25, 0.3) is 0 Å². The van der Waals surface area contributed by atoms with Crippen LogP contribution in [0, 0.1) is 11.7 Å². The summed E-state index contributed by atoms with van der Waals surface area (Å²) in [6.45, 7) is 1.16. The molecule has 9 heteroatoms. The number of rotatable bonds is 3. The lowest BCUT2D eigenvalue weighted by Gasteiger charge is -2.40. The van der Waals surface area contributed by atoms with Gasteiger partial charge < -0.3 is 15.0 Å². The predicted molar refractivity (Wildman–Crippen MR) is 118 cm³/mol. The van der Waals surface area contributed by atoms with Crippen molar-refractivity contribution in [3.8, 4) is 5.75 Å². The molecule has 3 aliphatic rings. The second kappa shape index (κ2) is 8.33. The Hall–Kier alpha value is -3.13. The third kappa shape index (κ3) is 4.04. The molecule has 172 valence electrons. The van der Waals surface area contributed by atoms with Crippen LogP contribution in [-0.2, 0) is 21.5 Å². The van der Waals surface area contributed by atoms with Crippen molar-refractivity contribution in [2.75, 3.05) is 13.1 Å². The smallest absolute Gasteiger partial charge is 0.322 e. The fourth-order valence-corrected chi connectivity index (χ4v) is 5.13. The van der Waals surface area contributed by atoms with Gasteiger partial charge in [0.05, 0.1) is 0 Å². The summed E-state index contributed by atoms with van der Waals surface area (Å²) in [5, 5.41) is 5.52. The van der Waals surface area contributed by atoms with Crippen LogP contribution in [0.2, 0.25) is 5.02 Å². The van der Waals surface area contributed by atoms with E-state index >= 15 is 0 Å². The third-order valence-corrected chi connectivity index (χ3v) is 7.00. The van der Waals surface area contributed by atoms with Crippen molar-refractivity contribution >= 4 is 29.4 Å². The summed E-state index contributed by atoms with van der Waals surface area (Å²) in [6.07, 6.45) is 1.58. The van der Waals surface area contributed by atoms with Crippen molar-refractivity contribution in [2.24, 2.45) is 5.92 Å². The van der Waals surface area contributed by atoms with Gasteiger partial charge in [0.25, 0.3) is 11.8 Å². The summed E-state index contributed by atoms with van der Waals surface area (Å²) in [4.78, 5) is 39.7. The maximum absolute atomic E-state index is 13.9. The maximum atomic E-state index is 13.9. The zero-order valence-corrected chi connectivity index (χ0v) is 18.5. The first-order chi connectivity index (χ1) is 15.8. The van der Waals surface area contributed by atoms with Crippen molar-refractivity contribution in [1.29, 1.82) is 0 Å². The minimum atomic E-state index is -1.53. The van der Waals surface area contributed by atoms with E-state index in [4.69, 9.17) is 16.3 Å². The molecule has 7 nitrogen and oxygen atoms in total. The van der Waals surface area contributed by atoms with Crippen LogP contribution < -0.4 is 15.4 Å². The van der Waals surface area contributed by atoms with E-state index in [1.807, 2.05) is 24.3 Å². The molecule has 2 fully saturated rings. The summed E-state index contributed by atoms with van der Waals surface area (Å²) < 4.78 is 19.8. The van der Waals surface area contributed by atoms with Gasteiger partial charge in [-0.1, -0.05) is 23.7 Å². The SMILES string of the molecule is O=C1NC(=O)[C@@]2(C[C@@H](C(=O)N3CCC(Cc4ccc(Cl)cc4)CC3)Oc3ccc(F)cc32)N1. The normalized spacial score (nSPS) is 24.8. The lowest BCUT2D eigenvalue weighted by Crippen LogP contribution is -2.55. The van der Waals surface area contributed by atoms with Crippen molar-refractivity contribution < 1.29 is 23.5 Å². The highest BCUT2D eigenvalue weighted by molar-refractivity contribution is 6.30. The molecule has 3 aliphatic heterocycles. The monoisotopic (exact) mass is 471 g/mol. The van der Waals surface area contributed by atoms with Crippen LogP contribution in [0.1, 0.15) is 30.4 Å². The fraction of sp³-hybridized carbons (Fsp3) is 0.375. The van der Waals surface area contributed by atoms with Gasteiger partial charge in [0.2, 0.25) is 0 Å². The Morgan fingerprint density at radius 3 is 2.55 bits per heavy atom. The lowest BCUT2D eigenvalue weighted by molar-refractivity contribution is -0.143. The number of piperidine rings is 1. The van der Waals surface area contributed by atoms with Crippen LogP contribution in [0.4, 0.5) is 9.18 Å². The highest BCUT2D eigenvalue weighted by Gasteiger charge is 2.55. The Balaban J connectivity index is 1.29. The van der Waals surface area contributed by atoms with E-state index < -0.39 is 29.4 Å². The van der Waals surface area contributed by atoms with Crippen molar-refractivity contribution in [1.82, 2.24) is 15.5 Å². The first kappa shape index (κ1) is 21.7. The molecule has 3 heterocycles. The van der Waals surface area contributed by atoms with Crippen molar-refractivity contribution in [3.05, 3.63) is 64.4 Å². The molecule has 2 N–H and O–H groups in total. The molecule has 0 bridgehead atoms. The molecule has 0 radical (unpaired) electrons. The molecule has 0 saturated carbocycles. The average Bonchev–Trinajstić information content (AvgIpc) is 3.08. The van der Waals surface area contributed by atoms with E-state index in [1.165, 1.54) is 23.8 Å². The molecule has 0 unspecified atom stereocenters. The van der Waals surface area contributed by atoms with Crippen molar-refractivity contribution in [3.63, 3.8) is 0 Å². The van der Waals surface area contributed by atoms with E-state index in [-0.39, 0.29) is 23.6 Å². The standard InChI is InChI=1S/C24H23ClFN3O4/c25-16-3-1-14(2-4-16)11-15-7-9-29(10-8-15)21(30)20-13-24(22(31)27-23(32)28-24)18-12-17(26)5-6-19(18)33-20/h1-6,12,15,20H,7-11,13H2,(H2,27,28,31,32)/t20-,24-/m0/s1. The maximum Gasteiger partial charge on any atom is 0.322 e. The molecule has 0 aliphatic carbocycles. The molecule has 4 amide bonds. The van der Waals surface area contributed by atoms with Crippen LogP contribution in [0.3, 0.4) is 0 Å². The third-order valence-electron chi connectivity index (χ3n) is 6.74. The zero-order chi connectivity index (χ0) is 23.2. The minimum absolute atomic E-state index is 0.0927. The van der Waals surface area contributed by atoms with Gasteiger partial charge in [-0.2, -0.15) is 0 Å². The number of likely N-dealkylation sites (tertiary alicyclic amines) is 1. The summed E-state index contributed by atoms with van der Waals surface area (Å²) in [6, 6.07) is 10.9. The number of carbonyl (C=O) groups is 3. The Morgan fingerprint density at radius 1 is 1.15 bits per heavy atom. The summed E-state index contributed by atoms with van der Waals surface area (Å²) in [7, 11) is 0. The first-order valence-corrected chi connectivity index (χ1v) is 11.4. The number of imide groups is 1. The number of hydrogen-bond acceptors (Lipinski definition) is 4. The number of halogens is 2. The highest BCUT2D eigenvalue weighted by atomic mass is 35.5. The van der Waals surface area contributed by atoms with Gasteiger partial charge in [0.1, 0.15) is 11.6 Å². The highest BCUT2D eigenvalue weighted by Crippen LogP contribution is 2.42. The van der Waals surface area contributed by atoms with Crippen LogP contribution >= 0.6 is 11.6 Å². The number of benzene rings is 2. The lowest BCUT2D eigenvalue weighted by atomic mass is 9.81. The molecular weight excluding hydrogens is 449 g/mol. The largest absolute Gasteiger partial charge is 0.480 e. The Morgan fingerprint density at radius 2 is 1.88 bits per heavy atom. The molecule has 2 atom stereocenters. The molecule has 1 spiro atoms. The predicted octanol–water partition coefficient (Wildman–Crippen LogP) is 3.15. The first-order valence-electron chi connectivity index (χ1n) is 11.0. The number of urea groups is 1. The van der Waals surface area contributed by atoms with Gasteiger partial charge in [-0.05, 0) is 61.1 Å². The number of carbonyl (C=O) groups excluding carboxylic acids is 3. The number of ether oxygens (including phenoxy) is 1. The van der Waals surface area contributed by atoms with E-state index in [0.29, 0.717) is 24.0 Å². The topological polar surface area (TPSA) is 87.7 Å². The van der Waals surface area contributed by atoms with E-state index in [2.05, 4.69) is 10.6 Å². The minimum Gasteiger partial charge on any atom is -0.480 e. The molecule has 33 heavy (non-hydrogen) atoms. The number of fused-ring (bicyclic) bond motifs is 2. The summed E-state index contributed by atoms with van der Waals surface area (Å²) in [5.74, 6) is -0.725. The van der Waals surface area contributed by atoms with Gasteiger partial charge in [-0.25, -0.2) is 9.18 Å². The number of nitrogens with one attached hydrogen (secondary N) is 2. The van der Waals surface area contributed by atoms with E-state index in [0.717, 1.165) is 19.3 Å². The van der Waals surface area contributed by atoms with Crippen LogP contribution in [0.15, 0.2) is 42.5 Å². The molecule has 2 aromatic rings. The summed E-state index contributed by atoms with van der Waals surface area (Å²) >= 11 is 5.96. The molecule has 2 saturated heterocycles.